The number of sulfonamides is 1. The number of ether oxygens (including phenoxy) is 1. The molecule has 2 aromatic rings. The van der Waals surface area contributed by atoms with Crippen LogP contribution >= 0.6 is 12.2 Å². The van der Waals surface area contributed by atoms with E-state index in [1.165, 1.54) is 0 Å². The molecular weight excluding hydrogens is 394 g/mol. The van der Waals surface area contributed by atoms with E-state index in [4.69, 9.17) is 17.0 Å². The molecule has 6 nitrogen and oxygen atoms in total. The molecule has 0 radical (unpaired) electrons. The van der Waals surface area contributed by atoms with E-state index in [-0.39, 0.29) is 4.90 Å². The maximum atomic E-state index is 12.9. The molecule has 0 aromatic heterocycles. The highest BCUT2D eigenvalue weighted by molar-refractivity contribution is 7.89. The predicted octanol–water partition coefficient (Wildman–Crippen LogP) is 3.36. The fraction of sp³-hybridized carbons (Fsp3) is 0.350. The molecule has 2 aromatic carbocycles. The number of anilines is 1. The van der Waals surface area contributed by atoms with Gasteiger partial charge in [0, 0.05) is 19.6 Å². The Morgan fingerprint density at radius 2 is 1.82 bits per heavy atom. The second kappa shape index (κ2) is 9.36. The zero-order valence-corrected chi connectivity index (χ0v) is 17.5. The highest BCUT2D eigenvalue weighted by atomic mass is 32.2. The van der Waals surface area contributed by atoms with Crippen molar-refractivity contribution in [2.24, 2.45) is 0 Å². The molecule has 3 rings (SSSR count). The maximum absolute atomic E-state index is 12.9. The number of hydrogen-bond acceptors (Lipinski definition) is 4. The van der Waals surface area contributed by atoms with Crippen LogP contribution in [0.3, 0.4) is 0 Å². The molecule has 8 heteroatoms. The fourth-order valence-corrected chi connectivity index (χ4v) is 4.87. The van der Waals surface area contributed by atoms with Gasteiger partial charge in [0.15, 0.2) is 5.11 Å². The van der Waals surface area contributed by atoms with Crippen LogP contribution in [0, 0.1) is 0 Å². The third kappa shape index (κ3) is 5.01. The summed E-state index contributed by atoms with van der Waals surface area (Å²) in [5, 5.41) is 6.58. The lowest BCUT2D eigenvalue weighted by Crippen LogP contribution is -2.35. The summed E-state index contributed by atoms with van der Waals surface area (Å²) >= 11 is 5.37. The predicted molar refractivity (Wildman–Crippen MR) is 115 cm³/mol. The number of benzene rings is 2. The molecule has 0 amide bonds. The number of hydrogen-bond donors (Lipinski definition) is 2. The van der Waals surface area contributed by atoms with E-state index in [9.17, 15) is 8.42 Å². The molecule has 0 saturated carbocycles. The smallest absolute Gasteiger partial charge is 0.243 e. The first-order valence-corrected chi connectivity index (χ1v) is 11.1. The van der Waals surface area contributed by atoms with Gasteiger partial charge in [-0.05, 0) is 48.8 Å². The van der Waals surface area contributed by atoms with Gasteiger partial charge in [-0.25, -0.2) is 8.42 Å². The molecule has 0 aliphatic carbocycles. The highest BCUT2D eigenvalue weighted by Gasteiger charge is 2.26. The summed E-state index contributed by atoms with van der Waals surface area (Å²) < 4.78 is 32.8. The lowest BCUT2D eigenvalue weighted by molar-refractivity contribution is 0.346. The van der Waals surface area contributed by atoms with E-state index in [0.29, 0.717) is 36.2 Å². The van der Waals surface area contributed by atoms with Gasteiger partial charge in [-0.1, -0.05) is 36.8 Å². The van der Waals surface area contributed by atoms with Crippen LogP contribution in [0.1, 0.15) is 24.8 Å². The Balaban J connectivity index is 1.74. The van der Waals surface area contributed by atoms with Crippen molar-refractivity contribution in [1.29, 1.82) is 0 Å². The molecule has 1 aliphatic rings. The van der Waals surface area contributed by atoms with Crippen LogP contribution in [0.4, 0.5) is 5.69 Å². The van der Waals surface area contributed by atoms with Crippen LogP contribution in [0.25, 0.3) is 0 Å². The van der Waals surface area contributed by atoms with Gasteiger partial charge in [-0.2, -0.15) is 4.31 Å². The van der Waals surface area contributed by atoms with E-state index in [2.05, 4.69) is 10.6 Å². The Labute approximate surface area is 171 Å². The van der Waals surface area contributed by atoms with Gasteiger partial charge in [0.2, 0.25) is 10.0 Å². The summed E-state index contributed by atoms with van der Waals surface area (Å²) in [5.41, 5.74) is 1.62. The molecule has 0 unspecified atom stereocenters. The summed E-state index contributed by atoms with van der Waals surface area (Å²) in [4.78, 5) is 0.239. The normalized spacial score (nSPS) is 15.0. The van der Waals surface area contributed by atoms with Crippen LogP contribution in [0.15, 0.2) is 53.4 Å². The quantitative estimate of drug-likeness (QED) is 0.700. The number of nitrogens with zero attached hydrogens (tertiary/aromatic N) is 1. The third-order valence-electron chi connectivity index (χ3n) is 4.67. The average molecular weight is 420 g/mol. The third-order valence-corrected chi connectivity index (χ3v) is 6.81. The number of nitrogens with one attached hydrogen (secondary N) is 2. The van der Waals surface area contributed by atoms with Crippen LogP contribution < -0.4 is 15.4 Å². The lowest BCUT2D eigenvalue weighted by Gasteiger charge is -2.26. The molecule has 28 heavy (non-hydrogen) atoms. The van der Waals surface area contributed by atoms with Crippen molar-refractivity contribution < 1.29 is 13.2 Å². The average Bonchev–Trinajstić information content (AvgIpc) is 2.73. The Kier molecular flexibility index (Phi) is 6.88. The fourth-order valence-electron chi connectivity index (χ4n) is 3.14. The minimum absolute atomic E-state index is 0.239. The van der Waals surface area contributed by atoms with Gasteiger partial charge in [-0.15, -0.1) is 0 Å². The van der Waals surface area contributed by atoms with Crippen molar-refractivity contribution in [2.75, 3.05) is 25.5 Å². The van der Waals surface area contributed by atoms with E-state index in [0.717, 1.165) is 24.8 Å². The number of piperidine rings is 1. The molecule has 1 fully saturated rings. The molecule has 0 spiro atoms. The van der Waals surface area contributed by atoms with Crippen molar-refractivity contribution in [3.8, 4) is 5.75 Å². The first-order valence-electron chi connectivity index (χ1n) is 9.27. The second-order valence-corrected chi connectivity index (χ2v) is 8.97. The topological polar surface area (TPSA) is 70.7 Å². The van der Waals surface area contributed by atoms with Gasteiger partial charge in [0.25, 0.3) is 0 Å². The Hall–Kier alpha value is -2.16. The van der Waals surface area contributed by atoms with Gasteiger partial charge < -0.3 is 15.4 Å². The second-order valence-electron chi connectivity index (χ2n) is 6.62. The molecule has 1 saturated heterocycles. The van der Waals surface area contributed by atoms with Crippen LogP contribution in [0.2, 0.25) is 0 Å². The van der Waals surface area contributed by atoms with Gasteiger partial charge in [0.05, 0.1) is 17.7 Å². The number of methoxy groups -OCH3 is 1. The van der Waals surface area contributed by atoms with E-state index in [1.54, 1.807) is 29.6 Å². The van der Waals surface area contributed by atoms with Crippen LogP contribution in [0.5, 0.6) is 5.75 Å². The molecular formula is C20H25N3O3S2. The maximum Gasteiger partial charge on any atom is 0.243 e. The van der Waals surface area contributed by atoms with Crippen molar-refractivity contribution in [1.82, 2.24) is 9.62 Å². The van der Waals surface area contributed by atoms with Crippen molar-refractivity contribution in [3.63, 3.8) is 0 Å². The summed E-state index contributed by atoms with van der Waals surface area (Å²) in [6.07, 6.45) is 2.87. The number of thiocarbonyl (C=S) groups is 1. The largest absolute Gasteiger partial charge is 0.495 e. The molecule has 2 N–H and O–H groups in total. The summed E-state index contributed by atoms with van der Waals surface area (Å²) in [5.74, 6) is 0.529. The van der Waals surface area contributed by atoms with Gasteiger partial charge in [0.1, 0.15) is 5.75 Å². The summed E-state index contributed by atoms with van der Waals surface area (Å²) in [6.45, 7) is 1.70. The van der Waals surface area contributed by atoms with Gasteiger partial charge in [-0.3, -0.25) is 0 Å². The molecule has 0 atom stereocenters. The zero-order valence-electron chi connectivity index (χ0n) is 15.8. The van der Waals surface area contributed by atoms with E-state index in [1.807, 2.05) is 30.3 Å². The van der Waals surface area contributed by atoms with Crippen molar-refractivity contribution in [3.05, 3.63) is 54.1 Å². The van der Waals surface area contributed by atoms with Crippen molar-refractivity contribution in [2.45, 2.75) is 30.7 Å². The summed E-state index contributed by atoms with van der Waals surface area (Å²) in [6, 6.07) is 14.7. The minimum atomic E-state index is -3.53. The molecule has 1 aliphatic heterocycles. The van der Waals surface area contributed by atoms with Gasteiger partial charge >= 0.3 is 0 Å². The Morgan fingerprint density at radius 1 is 1.11 bits per heavy atom. The zero-order chi connectivity index (χ0) is 20.0. The number of rotatable bonds is 6. The molecule has 150 valence electrons. The standard InChI is InChI=1S/C20H25N3O3S2/c1-26-19-11-10-17(28(24,25)23-12-6-3-7-13-23)14-18(19)22-20(27)21-15-16-8-4-2-5-9-16/h2,4-5,8-11,14H,3,6-7,12-13,15H2,1H3,(H2,21,22,27). The van der Waals surface area contributed by atoms with Crippen molar-refractivity contribution >= 4 is 33.0 Å². The molecule has 1 heterocycles. The lowest BCUT2D eigenvalue weighted by atomic mass is 10.2. The Morgan fingerprint density at radius 3 is 2.50 bits per heavy atom. The van der Waals surface area contributed by atoms with E-state index < -0.39 is 10.0 Å². The van der Waals surface area contributed by atoms with Crippen LogP contribution in [-0.2, 0) is 16.6 Å². The van der Waals surface area contributed by atoms with Crippen LogP contribution in [-0.4, -0.2) is 38.0 Å². The first kappa shape index (κ1) is 20.6. The SMILES string of the molecule is COc1ccc(S(=O)(=O)N2CCCCC2)cc1NC(=S)NCc1ccccc1. The monoisotopic (exact) mass is 419 g/mol. The molecule has 0 bridgehead atoms. The summed E-state index contributed by atoms with van der Waals surface area (Å²) in [7, 11) is -1.99. The van der Waals surface area contributed by atoms with E-state index >= 15 is 0 Å². The first-order chi connectivity index (χ1) is 13.5. The minimum Gasteiger partial charge on any atom is -0.495 e. The highest BCUT2D eigenvalue weighted by Crippen LogP contribution is 2.30. The Bertz CT molecular complexity index is 912.